The highest BCUT2D eigenvalue weighted by Gasteiger charge is 2.14. The molecule has 0 radical (unpaired) electrons. The first-order valence-corrected chi connectivity index (χ1v) is 10.5. The Kier molecular flexibility index (Phi) is 6.93. The summed E-state index contributed by atoms with van der Waals surface area (Å²) in [5, 5.41) is 12.5. The fourth-order valence-corrected chi connectivity index (χ4v) is 4.12. The van der Waals surface area contributed by atoms with Crippen LogP contribution in [0.3, 0.4) is 0 Å². The van der Waals surface area contributed by atoms with Crippen LogP contribution in [0.2, 0.25) is 0 Å². The number of aryl methyl sites for hydroxylation is 1. The van der Waals surface area contributed by atoms with Crippen LogP contribution in [0.5, 0.6) is 0 Å². The molecule has 1 aliphatic heterocycles. The van der Waals surface area contributed by atoms with E-state index >= 15 is 0 Å². The van der Waals surface area contributed by atoms with E-state index in [1.54, 1.807) is 4.57 Å². The first kappa shape index (κ1) is 19.2. The van der Waals surface area contributed by atoms with Gasteiger partial charge in [-0.15, -0.1) is 11.3 Å². The monoisotopic (exact) mass is 394 g/mol. The van der Waals surface area contributed by atoms with Gasteiger partial charge in [-0.3, -0.25) is 19.4 Å². The maximum atomic E-state index is 12.4. The number of thiazole rings is 1. The minimum absolute atomic E-state index is 0.129. The third-order valence-corrected chi connectivity index (χ3v) is 5.61. The summed E-state index contributed by atoms with van der Waals surface area (Å²) in [7, 11) is 0. The zero-order chi connectivity index (χ0) is 18.4. The molecule has 2 aromatic rings. The van der Waals surface area contributed by atoms with Crippen LogP contribution in [-0.2, 0) is 24.3 Å². The fourth-order valence-electron chi connectivity index (χ4n) is 3.19. The lowest BCUT2D eigenvalue weighted by Gasteiger charge is -2.17. The number of anilines is 1. The molecule has 0 spiro atoms. The molecule has 0 aromatic carbocycles. The van der Waals surface area contributed by atoms with Gasteiger partial charge in [0.2, 0.25) is 5.91 Å². The molecule has 7 nitrogen and oxygen atoms in total. The summed E-state index contributed by atoms with van der Waals surface area (Å²) < 4.78 is 2.23. The van der Waals surface area contributed by atoms with Crippen LogP contribution in [0.15, 0.2) is 5.38 Å². The predicted molar refractivity (Wildman–Crippen MR) is 106 cm³/mol. The maximum absolute atomic E-state index is 12.4. The molecule has 1 saturated heterocycles. The van der Waals surface area contributed by atoms with E-state index in [0.717, 1.165) is 44.0 Å². The van der Waals surface area contributed by atoms with Crippen molar-refractivity contribution >= 4 is 34.6 Å². The third kappa shape index (κ3) is 5.21. The number of H-pyrrole nitrogens is 1. The smallest absolute Gasteiger partial charge is 0.246 e. The van der Waals surface area contributed by atoms with Crippen LogP contribution >= 0.6 is 23.6 Å². The number of carbonyl (C=O) groups excluding carboxylic acids is 1. The van der Waals surface area contributed by atoms with Gasteiger partial charge in [0.15, 0.2) is 9.90 Å². The average Bonchev–Trinajstić information content (AvgIpc) is 3.08. The molecule has 2 aromatic heterocycles. The van der Waals surface area contributed by atoms with Gasteiger partial charge >= 0.3 is 0 Å². The van der Waals surface area contributed by atoms with E-state index in [0.29, 0.717) is 9.90 Å². The van der Waals surface area contributed by atoms with Crippen LogP contribution in [0.4, 0.5) is 5.13 Å². The molecule has 1 amide bonds. The molecule has 0 bridgehead atoms. The SMILES string of the molecule is CCCc1n[nH]c(=S)n1CC(=O)Nc1nc(CN2CCCCCC2)cs1. The molecule has 2 N–H and O–H groups in total. The van der Waals surface area contributed by atoms with Crippen molar-refractivity contribution in [1.82, 2.24) is 24.6 Å². The van der Waals surface area contributed by atoms with E-state index in [4.69, 9.17) is 12.2 Å². The van der Waals surface area contributed by atoms with Gasteiger partial charge in [0.25, 0.3) is 0 Å². The highest BCUT2D eigenvalue weighted by molar-refractivity contribution is 7.71. The Morgan fingerprint density at radius 3 is 2.85 bits per heavy atom. The zero-order valence-corrected chi connectivity index (χ0v) is 16.8. The minimum Gasteiger partial charge on any atom is -0.300 e. The molecule has 1 aliphatic rings. The van der Waals surface area contributed by atoms with E-state index in [1.807, 2.05) is 5.38 Å². The Morgan fingerprint density at radius 2 is 2.12 bits per heavy atom. The highest BCUT2D eigenvalue weighted by Crippen LogP contribution is 2.19. The summed E-state index contributed by atoms with van der Waals surface area (Å²) in [4.78, 5) is 19.4. The van der Waals surface area contributed by atoms with Gasteiger partial charge in [0.1, 0.15) is 12.4 Å². The van der Waals surface area contributed by atoms with Crippen LogP contribution in [0.1, 0.15) is 50.5 Å². The molecule has 3 heterocycles. The van der Waals surface area contributed by atoms with E-state index in [-0.39, 0.29) is 12.5 Å². The number of nitrogens with one attached hydrogen (secondary N) is 2. The van der Waals surface area contributed by atoms with Crippen molar-refractivity contribution in [2.24, 2.45) is 0 Å². The lowest BCUT2D eigenvalue weighted by atomic mass is 10.2. The normalized spacial score (nSPS) is 15.7. The van der Waals surface area contributed by atoms with Gasteiger partial charge in [-0.25, -0.2) is 4.98 Å². The Hall–Kier alpha value is -1.58. The average molecular weight is 395 g/mol. The van der Waals surface area contributed by atoms with Crippen LogP contribution in [0, 0.1) is 4.77 Å². The number of nitrogens with zero attached hydrogens (tertiary/aromatic N) is 4. The van der Waals surface area contributed by atoms with Crippen molar-refractivity contribution in [2.45, 2.75) is 58.5 Å². The van der Waals surface area contributed by atoms with Crippen molar-refractivity contribution in [3.05, 3.63) is 21.7 Å². The van der Waals surface area contributed by atoms with Crippen molar-refractivity contribution in [2.75, 3.05) is 18.4 Å². The Labute approximate surface area is 162 Å². The summed E-state index contributed by atoms with van der Waals surface area (Å²) >= 11 is 6.70. The molecule has 142 valence electrons. The topological polar surface area (TPSA) is 78.8 Å². The van der Waals surface area contributed by atoms with Crippen LogP contribution < -0.4 is 5.32 Å². The fraction of sp³-hybridized carbons (Fsp3) is 0.647. The van der Waals surface area contributed by atoms with Gasteiger partial charge in [0, 0.05) is 18.3 Å². The van der Waals surface area contributed by atoms with Gasteiger partial charge in [-0.05, 0) is 44.6 Å². The maximum Gasteiger partial charge on any atom is 0.246 e. The van der Waals surface area contributed by atoms with Gasteiger partial charge in [-0.2, -0.15) is 5.10 Å². The second-order valence-corrected chi connectivity index (χ2v) is 7.91. The summed E-state index contributed by atoms with van der Waals surface area (Å²) in [6, 6.07) is 0. The summed E-state index contributed by atoms with van der Waals surface area (Å²) in [6.45, 7) is 5.37. The number of aromatic nitrogens is 4. The van der Waals surface area contributed by atoms with Crippen molar-refractivity contribution in [1.29, 1.82) is 0 Å². The van der Waals surface area contributed by atoms with E-state index in [2.05, 4.69) is 32.3 Å². The van der Waals surface area contributed by atoms with Gasteiger partial charge in [-0.1, -0.05) is 19.8 Å². The molecule has 9 heteroatoms. The number of carbonyl (C=O) groups is 1. The molecule has 0 unspecified atom stereocenters. The number of hydrogen-bond acceptors (Lipinski definition) is 6. The van der Waals surface area contributed by atoms with Gasteiger partial charge in [0.05, 0.1) is 5.69 Å². The molecular weight excluding hydrogens is 368 g/mol. The summed E-state index contributed by atoms with van der Waals surface area (Å²) in [6.07, 6.45) is 6.92. The number of likely N-dealkylation sites (tertiary alicyclic amines) is 1. The minimum atomic E-state index is -0.129. The molecular formula is C17H26N6OS2. The Morgan fingerprint density at radius 1 is 1.35 bits per heavy atom. The van der Waals surface area contributed by atoms with E-state index in [1.165, 1.54) is 37.0 Å². The molecule has 3 rings (SSSR count). The molecule has 1 fully saturated rings. The zero-order valence-electron chi connectivity index (χ0n) is 15.2. The Bertz CT molecular complexity index is 772. The van der Waals surface area contributed by atoms with Crippen molar-refractivity contribution in [3.63, 3.8) is 0 Å². The van der Waals surface area contributed by atoms with Crippen LogP contribution in [0.25, 0.3) is 0 Å². The highest BCUT2D eigenvalue weighted by atomic mass is 32.1. The standard InChI is InChI=1S/C17H26N6OS2/c1-2-7-14-20-21-17(25)23(14)11-15(24)19-16-18-13(12-26-16)10-22-8-5-3-4-6-9-22/h12H,2-11H2,1H3,(H,21,25)(H,18,19,24). The quantitative estimate of drug-likeness (QED) is 0.704. The summed E-state index contributed by atoms with van der Waals surface area (Å²) in [5.41, 5.74) is 1.03. The summed E-state index contributed by atoms with van der Waals surface area (Å²) in [5.74, 6) is 0.684. The third-order valence-electron chi connectivity index (χ3n) is 4.50. The number of amides is 1. The molecule has 26 heavy (non-hydrogen) atoms. The second kappa shape index (κ2) is 9.38. The largest absolute Gasteiger partial charge is 0.300 e. The lowest BCUT2D eigenvalue weighted by molar-refractivity contribution is -0.116. The lowest BCUT2D eigenvalue weighted by Crippen LogP contribution is -2.24. The second-order valence-electron chi connectivity index (χ2n) is 6.66. The van der Waals surface area contributed by atoms with Crippen molar-refractivity contribution < 1.29 is 4.79 Å². The van der Waals surface area contributed by atoms with E-state index in [9.17, 15) is 4.79 Å². The van der Waals surface area contributed by atoms with Crippen LogP contribution in [-0.4, -0.2) is 43.6 Å². The Balaban J connectivity index is 1.56. The molecule has 0 saturated carbocycles. The number of aromatic amines is 1. The molecule has 0 aliphatic carbocycles. The number of hydrogen-bond donors (Lipinski definition) is 2. The van der Waals surface area contributed by atoms with Crippen molar-refractivity contribution in [3.8, 4) is 0 Å². The van der Waals surface area contributed by atoms with Gasteiger partial charge < -0.3 is 5.32 Å². The number of rotatable bonds is 7. The molecule has 0 atom stereocenters. The first-order chi connectivity index (χ1) is 12.7. The van der Waals surface area contributed by atoms with E-state index < -0.39 is 0 Å². The first-order valence-electron chi connectivity index (χ1n) is 9.26. The predicted octanol–water partition coefficient (Wildman–Crippen LogP) is 3.36.